The molecule has 2 fully saturated rings. The number of fused-ring (bicyclic) bond motifs is 1. The molecular weight excluding hydrogens is 206 g/mol. The van der Waals surface area contributed by atoms with Crippen LogP contribution in [-0.4, -0.2) is 13.1 Å². The number of benzene rings is 1. The molecule has 0 radical (unpaired) electrons. The van der Waals surface area contributed by atoms with Gasteiger partial charge in [0.15, 0.2) is 0 Å². The number of hydrogen-bond acceptors (Lipinski definition) is 1. The Morgan fingerprint density at radius 2 is 2.12 bits per heavy atom. The molecule has 1 saturated heterocycles. The van der Waals surface area contributed by atoms with Gasteiger partial charge in [-0.1, -0.05) is 45.0 Å². The van der Waals surface area contributed by atoms with Gasteiger partial charge >= 0.3 is 0 Å². The van der Waals surface area contributed by atoms with E-state index < -0.39 is 0 Å². The molecule has 3 rings (SSSR count). The van der Waals surface area contributed by atoms with E-state index in [0.29, 0.717) is 5.41 Å². The SMILES string of the molecule is CC(C)(C)c1cccc(C23CCNCC2C3)c1. The molecule has 17 heavy (non-hydrogen) atoms. The topological polar surface area (TPSA) is 12.0 Å². The summed E-state index contributed by atoms with van der Waals surface area (Å²) in [5.41, 5.74) is 3.88. The van der Waals surface area contributed by atoms with Crippen molar-refractivity contribution in [2.45, 2.75) is 44.4 Å². The minimum absolute atomic E-state index is 0.268. The van der Waals surface area contributed by atoms with Gasteiger partial charge in [0.1, 0.15) is 0 Å². The Bertz CT molecular complexity index is 429. The van der Waals surface area contributed by atoms with E-state index in [-0.39, 0.29) is 5.41 Å². The molecule has 2 unspecified atom stereocenters. The summed E-state index contributed by atoms with van der Waals surface area (Å²) >= 11 is 0. The predicted octanol–water partition coefficient (Wildman–Crippen LogP) is 3.24. The van der Waals surface area contributed by atoms with Gasteiger partial charge in [0, 0.05) is 5.41 Å². The summed E-state index contributed by atoms with van der Waals surface area (Å²) in [6.07, 6.45) is 2.72. The molecule has 0 bridgehead atoms. The van der Waals surface area contributed by atoms with E-state index in [1.807, 2.05) is 0 Å². The summed E-state index contributed by atoms with van der Waals surface area (Å²) in [6.45, 7) is 9.32. The fourth-order valence-corrected chi connectivity index (χ4v) is 3.34. The molecule has 0 spiro atoms. The largest absolute Gasteiger partial charge is 0.316 e. The van der Waals surface area contributed by atoms with Crippen LogP contribution in [0.3, 0.4) is 0 Å². The Hall–Kier alpha value is -0.820. The van der Waals surface area contributed by atoms with E-state index in [9.17, 15) is 0 Å². The molecule has 1 heteroatoms. The van der Waals surface area contributed by atoms with Gasteiger partial charge in [0.2, 0.25) is 0 Å². The van der Waals surface area contributed by atoms with Crippen LogP contribution in [0.4, 0.5) is 0 Å². The van der Waals surface area contributed by atoms with Crippen LogP contribution in [-0.2, 0) is 10.8 Å². The zero-order chi connectivity index (χ0) is 12.1. The van der Waals surface area contributed by atoms with Crippen LogP contribution in [0.25, 0.3) is 0 Å². The van der Waals surface area contributed by atoms with Crippen LogP contribution in [0.2, 0.25) is 0 Å². The first kappa shape index (κ1) is 11.3. The molecule has 1 aliphatic heterocycles. The lowest BCUT2D eigenvalue weighted by Gasteiger charge is -2.26. The van der Waals surface area contributed by atoms with Crippen LogP contribution in [0.1, 0.15) is 44.7 Å². The van der Waals surface area contributed by atoms with Crippen molar-refractivity contribution in [1.29, 1.82) is 0 Å². The third kappa shape index (κ3) is 1.81. The number of rotatable bonds is 1. The van der Waals surface area contributed by atoms with Gasteiger partial charge in [-0.25, -0.2) is 0 Å². The van der Waals surface area contributed by atoms with E-state index in [1.54, 1.807) is 5.56 Å². The van der Waals surface area contributed by atoms with Crippen LogP contribution in [0, 0.1) is 5.92 Å². The first-order valence-electron chi connectivity index (χ1n) is 6.84. The van der Waals surface area contributed by atoms with Crippen molar-refractivity contribution in [3.8, 4) is 0 Å². The quantitative estimate of drug-likeness (QED) is 0.779. The molecule has 1 saturated carbocycles. The summed E-state index contributed by atoms with van der Waals surface area (Å²) in [4.78, 5) is 0. The van der Waals surface area contributed by atoms with E-state index in [1.165, 1.54) is 31.5 Å². The number of nitrogens with one attached hydrogen (secondary N) is 1. The lowest BCUT2D eigenvalue weighted by atomic mass is 9.81. The van der Waals surface area contributed by atoms with Gasteiger partial charge in [0.25, 0.3) is 0 Å². The minimum Gasteiger partial charge on any atom is -0.316 e. The maximum Gasteiger partial charge on any atom is 0.000922 e. The Balaban J connectivity index is 1.94. The molecule has 0 amide bonds. The third-order valence-electron chi connectivity index (χ3n) is 4.67. The van der Waals surface area contributed by atoms with Gasteiger partial charge in [0.05, 0.1) is 0 Å². The number of hydrogen-bond donors (Lipinski definition) is 1. The summed E-state index contributed by atoms with van der Waals surface area (Å²) in [7, 11) is 0. The van der Waals surface area contributed by atoms with Gasteiger partial charge in [-0.3, -0.25) is 0 Å². The molecule has 1 aromatic rings. The summed E-state index contributed by atoms with van der Waals surface area (Å²) < 4.78 is 0. The van der Waals surface area contributed by atoms with Crippen molar-refractivity contribution < 1.29 is 0 Å². The molecule has 1 N–H and O–H groups in total. The van der Waals surface area contributed by atoms with E-state index in [0.717, 1.165) is 5.92 Å². The predicted molar refractivity (Wildman–Crippen MR) is 72.4 cm³/mol. The molecule has 1 nitrogen and oxygen atoms in total. The van der Waals surface area contributed by atoms with Gasteiger partial charge in [-0.2, -0.15) is 0 Å². The molecule has 2 atom stereocenters. The Morgan fingerprint density at radius 1 is 1.29 bits per heavy atom. The molecule has 92 valence electrons. The van der Waals surface area contributed by atoms with Gasteiger partial charge in [-0.05, 0) is 48.4 Å². The van der Waals surface area contributed by atoms with Crippen LogP contribution in [0.15, 0.2) is 24.3 Å². The highest BCUT2D eigenvalue weighted by Crippen LogP contribution is 2.58. The molecular formula is C16H23N. The minimum atomic E-state index is 0.268. The third-order valence-corrected chi connectivity index (χ3v) is 4.67. The van der Waals surface area contributed by atoms with Crippen LogP contribution >= 0.6 is 0 Å². The highest BCUT2D eigenvalue weighted by atomic mass is 14.9. The van der Waals surface area contributed by atoms with Crippen molar-refractivity contribution in [3.05, 3.63) is 35.4 Å². The highest BCUT2D eigenvalue weighted by Gasteiger charge is 2.55. The average molecular weight is 229 g/mol. The second kappa shape index (κ2) is 3.58. The van der Waals surface area contributed by atoms with E-state index in [4.69, 9.17) is 0 Å². The molecule has 1 aliphatic carbocycles. The van der Waals surface area contributed by atoms with Crippen LogP contribution in [0.5, 0.6) is 0 Å². The zero-order valence-electron chi connectivity index (χ0n) is 11.2. The zero-order valence-corrected chi connectivity index (χ0v) is 11.2. The van der Waals surface area contributed by atoms with Crippen LogP contribution < -0.4 is 5.32 Å². The Labute approximate surface area is 105 Å². The Kier molecular flexibility index (Phi) is 2.38. The molecule has 1 aromatic carbocycles. The standard InChI is InChI=1S/C16H23N/c1-15(2,3)12-5-4-6-13(9-12)16-7-8-17-11-14(16)10-16/h4-6,9,14,17H,7-8,10-11H2,1-3H3. The van der Waals surface area contributed by atoms with Crippen molar-refractivity contribution in [1.82, 2.24) is 5.32 Å². The first-order chi connectivity index (χ1) is 8.02. The molecule has 1 heterocycles. The van der Waals surface area contributed by atoms with Crippen molar-refractivity contribution in [2.75, 3.05) is 13.1 Å². The average Bonchev–Trinajstić information content (AvgIpc) is 3.04. The fraction of sp³-hybridized carbons (Fsp3) is 0.625. The fourth-order valence-electron chi connectivity index (χ4n) is 3.34. The summed E-state index contributed by atoms with van der Waals surface area (Å²) in [5, 5.41) is 3.52. The van der Waals surface area contributed by atoms with Crippen molar-refractivity contribution in [2.24, 2.45) is 5.92 Å². The summed E-state index contributed by atoms with van der Waals surface area (Å²) in [5.74, 6) is 0.895. The van der Waals surface area contributed by atoms with E-state index >= 15 is 0 Å². The second-order valence-electron chi connectivity index (χ2n) is 6.84. The highest BCUT2D eigenvalue weighted by molar-refractivity contribution is 5.39. The van der Waals surface area contributed by atoms with Crippen molar-refractivity contribution in [3.63, 3.8) is 0 Å². The second-order valence-corrected chi connectivity index (χ2v) is 6.84. The Morgan fingerprint density at radius 3 is 2.82 bits per heavy atom. The smallest absolute Gasteiger partial charge is 0.000922 e. The lowest BCUT2D eigenvalue weighted by molar-refractivity contribution is 0.444. The maximum absolute atomic E-state index is 3.52. The van der Waals surface area contributed by atoms with E-state index in [2.05, 4.69) is 50.4 Å². The lowest BCUT2D eigenvalue weighted by Crippen LogP contribution is -2.31. The maximum atomic E-state index is 3.52. The number of piperidine rings is 1. The van der Waals surface area contributed by atoms with Gasteiger partial charge in [-0.15, -0.1) is 0 Å². The van der Waals surface area contributed by atoms with Gasteiger partial charge < -0.3 is 5.32 Å². The first-order valence-corrected chi connectivity index (χ1v) is 6.84. The molecule has 2 aliphatic rings. The monoisotopic (exact) mass is 229 g/mol. The normalized spacial score (nSPS) is 32.1. The summed E-state index contributed by atoms with van der Waals surface area (Å²) in [6, 6.07) is 9.34. The van der Waals surface area contributed by atoms with Crippen molar-refractivity contribution >= 4 is 0 Å². The molecule has 0 aromatic heterocycles.